The van der Waals surface area contributed by atoms with Crippen molar-refractivity contribution in [2.75, 3.05) is 0 Å². The Morgan fingerprint density at radius 2 is 0.567 bits per heavy atom. The standard InChI is InChI=1S/C26H16F2S2/c27-21-9-5-19(6-10-21)25-15-13-23(29-25)17-1-2-18(4-3-17)24-14-16-26(30-24)20-7-11-22(28)12-8-20/h1-16H. The van der Waals surface area contributed by atoms with Gasteiger partial charge in [0.25, 0.3) is 0 Å². The number of halogens is 2. The summed E-state index contributed by atoms with van der Waals surface area (Å²) in [7, 11) is 0. The molecule has 4 heteroatoms. The van der Waals surface area contributed by atoms with Crippen LogP contribution in [0.25, 0.3) is 41.8 Å². The van der Waals surface area contributed by atoms with Gasteiger partial charge in [0.05, 0.1) is 0 Å². The predicted molar refractivity (Wildman–Crippen MR) is 124 cm³/mol. The maximum absolute atomic E-state index is 13.2. The second kappa shape index (κ2) is 7.98. The zero-order valence-electron chi connectivity index (χ0n) is 15.8. The van der Waals surface area contributed by atoms with Crippen LogP contribution in [0.3, 0.4) is 0 Å². The average molecular weight is 431 g/mol. The van der Waals surface area contributed by atoms with Gasteiger partial charge in [-0.2, -0.15) is 0 Å². The first-order valence-corrected chi connectivity index (χ1v) is 11.1. The van der Waals surface area contributed by atoms with E-state index in [2.05, 4.69) is 48.5 Å². The molecule has 0 nitrogen and oxygen atoms in total. The van der Waals surface area contributed by atoms with E-state index in [0.29, 0.717) is 0 Å². The Labute approximate surface area is 181 Å². The molecule has 0 atom stereocenters. The van der Waals surface area contributed by atoms with Gasteiger partial charge in [-0.15, -0.1) is 22.7 Å². The van der Waals surface area contributed by atoms with Crippen molar-refractivity contribution in [2.24, 2.45) is 0 Å². The second-order valence-electron chi connectivity index (χ2n) is 6.92. The van der Waals surface area contributed by atoms with E-state index in [1.807, 2.05) is 24.3 Å². The van der Waals surface area contributed by atoms with Gasteiger partial charge < -0.3 is 0 Å². The number of thiophene rings is 2. The molecule has 2 aromatic heterocycles. The van der Waals surface area contributed by atoms with Crippen molar-refractivity contribution >= 4 is 22.7 Å². The lowest BCUT2D eigenvalue weighted by Crippen LogP contribution is -1.75. The van der Waals surface area contributed by atoms with Gasteiger partial charge in [0.1, 0.15) is 11.6 Å². The van der Waals surface area contributed by atoms with Gasteiger partial charge in [0.15, 0.2) is 0 Å². The Hall–Kier alpha value is -3.08. The average Bonchev–Trinajstić information content (AvgIpc) is 3.45. The van der Waals surface area contributed by atoms with Gasteiger partial charge in [-0.25, -0.2) is 8.78 Å². The van der Waals surface area contributed by atoms with Gasteiger partial charge in [0, 0.05) is 19.5 Å². The summed E-state index contributed by atoms with van der Waals surface area (Å²) in [5.74, 6) is -0.440. The summed E-state index contributed by atoms with van der Waals surface area (Å²) < 4.78 is 26.3. The smallest absolute Gasteiger partial charge is 0.123 e. The van der Waals surface area contributed by atoms with Crippen LogP contribution in [0.4, 0.5) is 8.78 Å². The number of hydrogen-bond donors (Lipinski definition) is 0. The largest absolute Gasteiger partial charge is 0.207 e. The van der Waals surface area contributed by atoms with Gasteiger partial charge >= 0.3 is 0 Å². The number of rotatable bonds is 4. The second-order valence-corrected chi connectivity index (χ2v) is 9.09. The van der Waals surface area contributed by atoms with Crippen molar-refractivity contribution in [2.45, 2.75) is 0 Å². The fraction of sp³-hybridized carbons (Fsp3) is 0. The molecule has 3 aromatic carbocycles. The highest BCUT2D eigenvalue weighted by atomic mass is 32.1. The predicted octanol–water partition coefficient (Wildman–Crippen LogP) is 8.76. The molecule has 0 radical (unpaired) electrons. The minimum atomic E-state index is -0.220. The summed E-state index contributed by atoms with van der Waals surface area (Å²) in [6, 6.07) is 30.1. The summed E-state index contributed by atoms with van der Waals surface area (Å²) in [4.78, 5) is 4.60. The molecule has 0 aliphatic heterocycles. The van der Waals surface area contributed by atoms with Crippen molar-refractivity contribution in [3.63, 3.8) is 0 Å². The first-order valence-electron chi connectivity index (χ1n) is 9.48. The molecule has 0 N–H and O–H groups in total. The van der Waals surface area contributed by atoms with E-state index in [1.165, 1.54) is 34.0 Å². The molecule has 0 aliphatic carbocycles. The molecule has 0 aliphatic rings. The van der Waals surface area contributed by atoms with Gasteiger partial charge in [0.2, 0.25) is 0 Å². The van der Waals surface area contributed by atoms with Crippen molar-refractivity contribution in [1.82, 2.24) is 0 Å². The van der Waals surface area contributed by atoms with Crippen LogP contribution in [0, 0.1) is 11.6 Å². The van der Waals surface area contributed by atoms with Crippen LogP contribution in [-0.2, 0) is 0 Å². The van der Waals surface area contributed by atoms with Crippen LogP contribution in [0.1, 0.15) is 0 Å². The van der Waals surface area contributed by atoms with Gasteiger partial charge in [-0.1, -0.05) is 48.5 Å². The van der Waals surface area contributed by atoms with Crippen LogP contribution >= 0.6 is 22.7 Å². The Kier molecular flexibility index (Phi) is 5.03. The third-order valence-electron chi connectivity index (χ3n) is 4.92. The molecule has 0 unspecified atom stereocenters. The minimum Gasteiger partial charge on any atom is -0.207 e. The molecule has 0 saturated heterocycles. The SMILES string of the molecule is Fc1ccc(-c2ccc(-c3ccc(-c4ccc(-c5ccc(F)cc5)s4)cc3)s2)cc1. The molecule has 0 spiro atoms. The third-order valence-corrected chi connectivity index (χ3v) is 7.29. The van der Waals surface area contributed by atoms with E-state index in [4.69, 9.17) is 0 Å². The van der Waals surface area contributed by atoms with Crippen LogP contribution in [-0.4, -0.2) is 0 Å². The summed E-state index contributed by atoms with van der Waals surface area (Å²) in [5.41, 5.74) is 4.37. The fourth-order valence-electron chi connectivity index (χ4n) is 3.32. The number of benzene rings is 3. The van der Waals surface area contributed by atoms with E-state index in [0.717, 1.165) is 32.0 Å². The van der Waals surface area contributed by atoms with E-state index in [1.54, 1.807) is 22.7 Å². The lowest BCUT2D eigenvalue weighted by molar-refractivity contribution is 0.627. The highest BCUT2D eigenvalue weighted by Gasteiger charge is 2.08. The van der Waals surface area contributed by atoms with E-state index < -0.39 is 0 Å². The Morgan fingerprint density at radius 1 is 0.333 bits per heavy atom. The summed E-state index contributed by atoms with van der Waals surface area (Å²) >= 11 is 3.40. The monoisotopic (exact) mass is 430 g/mol. The summed E-state index contributed by atoms with van der Waals surface area (Å²) in [6.07, 6.45) is 0. The zero-order chi connectivity index (χ0) is 20.5. The van der Waals surface area contributed by atoms with Gasteiger partial charge in [-0.05, 0) is 70.8 Å². The molecule has 5 rings (SSSR count). The molecule has 30 heavy (non-hydrogen) atoms. The summed E-state index contributed by atoms with van der Waals surface area (Å²) in [5, 5.41) is 0. The molecule has 0 saturated carbocycles. The Balaban J connectivity index is 1.37. The number of hydrogen-bond acceptors (Lipinski definition) is 2. The zero-order valence-corrected chi connectivity index (χ0v) is 17.4. The lowest BCUT2D eigenvalue weighted by Gasteiger charge is -2.01. The normalized spacial score (nSPS) is 11.0. The molecule has 0 fully saturated rings. The maximum Gasteiger partial charge on any atom is 0.123 e. The Morgan fingerprint density at radius 3 is 0.833 bits per heavy atom. The Bertz CT molecular complexity index is 1180. The van der Waals surface area contributed by atoms with E-state index in [9.17, 15) is 8.78 Å². The highest BCUT2D eigenvalue weighted by Crippen LogP contribution is 2.37. The molecule has 0 bridgehead atoms. The molecule has 0 amide bonds. The van der Waals surface area contributed by atoms with Crippen molar-refractivity contribution in [3.8, 4) is 41.8 Å². The molecule has 146 valence electrons. The molecule has 5 aromatic rings. The molecular weight excluding hydrogens is 414 g/mol. The van der Waals surface area contributed by atoms with Crippen LogP contribution in [0.15, 0.2) is 97.1 Å². The topological polar surface area (TPSA) is 0 Å². The third kappa shape index (κ3) is 3.84. The first kappa shape index (κ1) is 18.9. The van der Waals surface area contributed by atoms with Crippen molar-refractivity contribution < 1.29 is 8.78 Å². The molecular formula is C26H16F2S2. The minimum absolute atomic E-state index is 0.220. The van der Waals surface area contributed by atoms with Gasteiger partial charge in [-0.3, -0.25) is 0 Å². The van der Waals surface area contributed by atoms with E-state index >= 15 is 0 Å². The first-order chi connectivity index (χ1) is 14.7. The van der Waals surface area contributed by atoms with Crippen LogP contribution < -0.4 is 0 Å². The fourth-order valence-corrected chi connectivity index (χ4v) is 5.36. The van der Waals surface area contributed by atoms with Crippen LogP contribution in [0.5, 0.6) is 0 Å². The molecule has 2 heterocycles. The van der Waals surface area contributed by atoms with Crippen molar-refractivity contribution in [3.05, 3.63) is 109 Å². The quantitative estimate of drug-likeness (QED) is 0.267. The summed E-state index contributed by atoms with van der Waals surface area (Å²) in [6.45, 7) is 0. The maximum atomic E-state index is 13.2. The van der Waals surface area contributed by atoms with Crippen molar-refractivity contribution in [1.29, 1.82) is 0 Å². The highest BCUT2D eigenvalue weighted by molar-refractivity contribution is 7.19. The van der Waals surface area contributed by atoms with Crippen LogP contribution in [0.2, 0.25) is 0 Å². The van der Waals surface area contributed by atoms with E-state index in [-0.39, 0.29) is 11.6 Å². The lowest BCUT2D eigenvalue weighted by atomic mass is 10.1.